The van der Waals surface area contributed by atoms with Crippen molar-refractivity contribution in [1.82, 2.24) is 14.8 Å². The van der Waals surface area contributed by atoms with E-state index in [4.69, 9.17) is 0 Å². The molecule has 0 bridgehead atoms. The average molecular weight is 358 g/mol. The first-order valence-corrected chi connectivity index (χ1v) is 6.94. The number of phenolic OH excluding ortho intramolecular Hbond substituents is 1. The first-order chi connectivity index (χ1) is 11.6. The van der Waals surface area contributed by atoms with Gasteiger partial charge < -0.3 is 10.4 Å². The second-order valence-corrected chi connectivity index (χ2v) is 5.25. The third kappa shape index (κ3) is 2.63. The fourth-order valence-corrected chi connectivity index (χ4v) is 2.49. The molecular weight excluding hydrogens is 347 g/mol. The molecule has 0 radical (unpaired) electrons. The monoisotopic (exact) mass is 358 g/mol. The molecule has 5 nitrogen and oxygen atoms in total. The lowest BCUT2D eigenvalue weighted by Gasteiger charge is -2.12. The number of hydrogen-bond donors (Lipinski definition) is 2. The number of hydrogen-bond acceptors (Lipinski definition) is 4. The number of nitrogens with one attached hydrogen (secondary N) is 1. The molecule has 0 aliphatic heterocycles. The molecule has 3 aromatic rings. The number of pyridine rings is 1. The fourth-order valence-electron chi connectivity index (χ4n) is 2.49. The summed E-state index contributed by atoms with van der Waals surface area (Å²) in [6, 6.07) is 1.86. The molecule has 0 unspecified atom stereocenters. The van der Waals surface area contributed by atoms with Crippen LogP contribution in [0.4, 0.5) is 27.8 Å². The van der Waals surface area contributed by atoms with Crippen LogP contribution < -0.4 is 5.32 Å². The Labute approximate surface area is 137 Å². The van der Waals surface area contributed by atoms with E-state index in [2.05, 4.69) is 15.4 Å². The van der Waals surface area contributed by atoms with Crippen LogP contribution in [-0.2, 0) is 13.2 Å². The summed E-state index contributed by atoms with van der Waals surface area (Å²) < 4.78 is 68.1. The summed E-state index contributed by atoms with van der Waals surface area (Å²) in [5.74, 6) is -4.82. The summed E-state index contributed by atoms with van der Waals surface area (Å²) in [5, 5.41) is 16.5. The minimum Gasteiger partial charge on any atom is -0.503 e. The minimum atomic E-state index is -5.11. The zero-order chi connectivity index (χ0) is 18.5. The number of benzene rings is 1. The molecule has 1 aromatic carbocycles. The van der Waals surface area contributed by atoms with E-state index in [1.807, 2.05) is 0 Å². The highest BCUT2D eigenvalue weighted by molar-refractivity contribution is 5.94. The molecule has 3 rings (SSSR count). The highest BCUT2D eigenvalue weighted by Crippen LogP contribution is 2.41. The average Bonchev–Trinajstić information content (AvgIpc) is 2.88. The van der Waals surface area contributed by atoms with E-state index in [9.17, 15) is 27.1 Å². The molecule has 2 heterocycles. The van der Waals surface area contributed by atoms with E-state index in [1.54, 1.807) is 13.1 Å². The number of fused-ring (bicyclic) bond motifs is 1. The first kappa shape index (κ1) is 16.9. The van der Waals surface area contributed by atoms with E-state index in [1.165, 1.54) is 17.9 Å². The number of anilines is 1. The van der Waals surface area contributed by atoms with Crippen molar-refractivity contribution in [3.05, 3.63) is 35.5 Å². The van der Waals surface area contributed by atoms with Crippen LogP contribution in [0.3, 0.4) is 0 Å². The number of rotatable bonds is 2. The number of halogens is 5. The van der Waals surface area contributed by atoms with Crippen LogP contribution in [0.5, 0.6) is 5.75 Å². The second kappa shape index (κ2) is 5.57. The third-order valence-corrected chi connectivity index (χ3v) is 3.73. The normalized spacial score (nSPS) is 12.0. The predicted molar refractivity (Wildman–Crippen MR) is 80.1 cm³/mol. The number of aromatic hydroxyl groups is 1. The molecule has 2 aromatic heterocycles. The van der Waals surface area contributed by atoms with Crippen molar-refractivity contribution in [2.24, 2.45) is 7.05 Å². The maximum atomic E-state index is 14.3. The van der Waals surface area contributed by atoms with Crippen molar-refractivity contribution in [2.45, 2.75) is 6.18 Å². The highest BCUT2D eigenvalue weighted by Gasteiger charge is 2.38. The molecule has 0 fully saturated rings. The summed E-state index contributed by atoms with van der Waals surface area (Å²) in [5.41, 5.74) is -2.17. The van der Waals surface area contributed by atoms with E-state index >= 15 is 0 Å². The Morgan fingerprint density at radius 3 is 2.44 bits per heavy atom. The Balaban J connectivity index is 2.34. The first-order valence-electron chi connectivity index (χ1n) is 6.94. The highest BCUT2D eigenvalue weighted by atomic mass is 19.4. The fraction of sp³-hybridized carbons (Fsp3) is 0.200. The smallest absolute Gasteiger partial charge is 0.419 e. The Morgan fingerprint density at radius 2 is 1.84 bits per heavy atom. The molecule has 0 amide bonds. The summed E-state index contributed by atoms with van der Waals surface area (Å²) in [6.45, 7) is 0. The van der Waals surface area contributed by atoms with E-state index < -0.39 is 34.7 Å². The van der Waals surface area contributed by atoms with Crippen LogP contribution in [0.2, 0.25) is 0 Å². The van der Waals surface area contributed by atoms with Gasteiger partial charge in [-0.3, -0.25) is 4.68 Å². The van der Waals surface area contributed by atoms with Crippen molar-refractivity contribution >= 4 is 16.7 Å². The van der Waals surface area contributed by atoms with E-state index in [-0.39, 0.29) is 17.1 Å². The second-order valence-electron chi connectivity index (χ2n) is 5.25. The van der Waals surface area contributed by atoms with Gasteiger partial charge in [0.05, 0.1) is 11.1 Å². The largest absolute Gasteiger partial charge is 0.503 e. The van der Waals surface area contributed by atoms with Gasteiger partial charge in [0.1, 0.15) is 11.5 Å². The van der Waals surface area contributed by atoms with E-state index in [0.717, 1.165) is 0 Å². The molecule has 0 aliphatic rings. The summed E-state index contributed by atoms with van der Waals surface area (Å²) in [4.78, 5) is 4.02. The molecule has 25 heavy (non-hydrogen) atoms. The Hall–Kier alpha value is -2.91. The van der Waals surface area contributed by atoms with Crippen LogP contribution in [0.1, 0.15) is 5.56 Å². The predicted octanol–water partition coefficient (Wildman–Crippen LogP) is 3.68. The van der Waals surface area contributed by atoms with Gasteiger partial charge >= 0.3 is 6.18 Å². The lowest BCUT2D eigenvalue weighted by Crippen LogP contribution is -2.10. The van der Waals surface area contributed by atoms with Crippen LogP contribution in [0.15, 0.2) is 18.3 Å². The SMILES string of the molecule is CNc1cc2c(cn1)c(-c1cc(C(F)(F)F)c(F)c(O)c1F)nn2C. The van der Waals surface area contributed by atoms with Crippen LogP contribution in [-0.4, -0.2) is 26.9 Å². The van der Waals surface area contributed by atoms with Gasteiger partial charge in [-0.25, -0.2) is 13.8 Å². The van der Waals surface area contributed by atoms with Gasteiger partial charge in [0.15, 0.2) is 17.4 Å². The Bertz CT molecular complexity index is 980. The van der Waals surface area contributed by atoms with Crippen molar-refractivity contribution in [1.29, 1.82) is 0 Å². The number of aromatic nitrogens is 3. The van der Waals surface area contributed by atoms with Crippen molar-refractivity contribution < 1.29 is 27.1 Å². The van der Waals surface area contributed by atoms with Crippen molar-refractivity contribution in [3.8, 4) is 17.0 Å². The summed E-state index contributed by atoms with van der Waals surface area (Å²) >= 11 is 0. The van der Waals surface area contributed by atoms with E-state index in [0.29, 0.717) is 11.3 Å². The quantitative estimate of drug-likeness (QED) is 0.686. The lowest BCUT2D eigenvalue weighted by molar-refractivity contribution is -0.140. The number of alkyl halides is 3. The zero-order valence-corrected chi connectivity index (χ0v) is 12.9. The molecule has 0 atom stereocenters. The maximum absolute atomic E-state index is 14.3. The standard InChI is InChI=1S/C15H11F5N4O/c1-21-10-4-9-7(5-22-10)13(23-24(9)2)6-3-8(15(18,19)20)12(17)14(25)11(6)16/h3-5,25H,1-2H3,(H,21,22). The summed E-state index contributed by atoms with van der Waals surface area (Å²) in [6.07, 6.45) is -3.80. The molecule has 2 N–H and O–H groups in total. The third-order valence-electron chi connectivity index (χ3n) is 3.73. The number of phenols is 1. The van der Waals surface area contributed by atoms with Gasteiger partial charge in [-0.05, 0) is 6.07 Å². The van der Waals surface area contributed by atoms with Gasteiger partial charge in [-0.15, -0.1) is 0 Å². The molecule has 10 heteroatoms. The Morgan fingerprint density at radius 1 is 1.16 bits per heavy atom. The van der Waals surface area contributed by atoms with Crippen molar-refractivity contribution in [3.63, 3.8) is 0 Å². The molecule has 0 saturated carbocycles. The molecular formula is C15H11F5N4O. The van der Waals surface area contributed by atoms with Crippen LogP contribution in [0.25, 0.3) is 22.2 Å². The minimum absolute atomic E-state index is 0.189. The van der Waals surface area contributed by atoms with Gasteiger partial charge in [-0.2, -0.15) is 18.3 Å². The Kier molecular flexibility index (Phi) is 3.77. The summed E-state index contributed by atoms with van der Waals surface area (Å²) in [7, 11) is 3.13. The molecule has 0 saturated heterocycles. The number of aryl methyl sites for hydroxylation is 1. The molecule has 0 aliphatic carbocycles. The lowest BCUT2D eigenvalue weighted by atomic mass is 10.0. The van der Waals surface area contributed by atoms with Crippen LogP contribution in [0, 0.1) is 11.6 Å². The van der Waals surface area contributed by atoms with Gasteiger partial charge in [-0.1, -0.05) is 0 Å². The van der Waals surface area contributed by atoms with Crippen molar-refractivity contribution in [2.75, 3.05) is 12.4 Å². The van der Waals surface area contributed by atoms with Crippen LogP contribution >= 0.6 is 0 Å². The molecule has 0 spiro atoms. The topological polar surface area (TPSA) is 63.0 Å². The van der Waals surface area contributed by atoms with Gasteiger partial charge in [0, 0.05) is 37.3 Å². The van der Waals surface area contributed by atoms with Gasteiger partial charge in [0.25, 0.3) is 0 Å². The van der Waals surface area contributed by atoms with Gasteiger partial charge in [0.2, 0.25) is 0 Å². The molecule has 132 valence electrons. The number of nitrogens with zero attached hydrogens (tertiary/aromatic N) is 3. The maximum Gasteiger partial charge on any atom is 0.419 e. The zero-order valence-electron chi connectivity index (χ0n) is 12.9.